The molecule has 0 atom stereocenters. The maximum Gasteiger partial charge on any atom is 0.404 e. The molecule has 13 heteroatoms. The quantitative estimate of drug-likeness (QED) is 0.154. The molecule has 3 N–H and O–H groups in total. The number of methoxy groups -OCH3 is 1. The third-order valence-electron chi connectivity index (χ3n) is 8.61. The van der Waals surface area contributed by atoms with Gasteiger partial charge in [-0.1, -0.05) is 19.6 Å². The minimum absolute atomic E-state index is 0.0735. The summed E-state index contributed by atoms with van der Waals surface area (Å²) in [6.07, 6.45) is 5.13. The van der Waals surface area contributed by atoms with E-state index in [2.05, 4.69) is 40.2 Å². The summed E-state index contributed by atoms with van der Waals surface area (Å²) in [5.41, 5.74) is 2.94. The van der Waals surface area contributed by atoms with Crippen molar-refractivity contribution >= 4 is 31.1 Å². The Morgan fingerprint density at radius 2 is 1.73 bits per heavy atom. The van der Waals surface area contributed by atoms with E-state index in [1.807, 2.05) is 11.5 Å². The van der Waals surface area contributed by atoms with E-state index >= 15 is 4.39 Å². The van der Waals surface area contributed by atoms with Crippen molar-refractivity contribution in [2.45, 2.75) is 89.9 Å². The third kappa shape index (κ3) is 7.93. The number of ether oxygens (including phenoxy) is 3. The largest absolute Gasteiger partial charge is 0.494 e. The molecule has 45 heavy (non-hydrogen) atoms. The second-order valence-electron chi connectivity index (χ2n) is 13.4. The lowest BCUT2D eigenvalue weighted by molar-refractivity contribution is 0.0877. The number of carboxylic acid groups (broad SMARTS) is 1. The fraction of sp³-hybridized carbons (Fsp3) is 0.562. The fourth-order valence-electron chi connectivity index (χ4n) is 5.76. The Bertz CT molecular complexity index is 1550. The molecule has 1 aromatic carbocycles. The highest BCUT2D eigenvalue weighted by Gasteiger charge is 2.30. The predicted octanol–water partition coefficient (Wildman–Crippen LogP) is 5.96. The van der Waals surface area contributed by atoms with Crippen LogP contribution in [0.4, 0.5) is 9.18 Å². The first kappa shape index (κ1) is 32.7. The highest BCUT2D eigenvalue weighted by molar-refractivity contribution is 6.76. The van der Waals surface area contributed by atoms with E-state index < -0.39 is 20.0 Å². The van der Waals surface area contributed by atoms with Crippen LogP contribution in [-0.2, 0) is 11.5 Å². The van der Waals surface area contributed by atoms with E-state index in [1.165, 1.54) is 19.5 Å². The number of amides is 2. The maximum atomic E-state index is 15.2. The fourth-order valence-corrected chi connectivity index (χ4v) is 6.51. The van der Waals surface area contributed by atoms with Gasteiger partial charge in [-0.2, -0.15) is 0 Å². The van der Waals surface area contributed by atoms with Gasteiger partial charge in [-0.25, -0.2) is 19.2 Å². The molecule has 2 aliphatic rings. The van der Waals surface area contributed by atoms with Crippen LogP contribution in [0.5, 0.6) is 11.5 Å². The number of halogens is 1. The highest BCUT2D eigenvalue weighted by atomic mass is 28.3. The van der Waals surface area contributed by atoms with Gasteiger partial charge >= 0.3 is 6.09 Å². The van der Waals surface area contributed by atoms with Gasteiger partial charge in [0.15, 0.2) is 11.6 Å². The average molecular weight is 642 g/mol. The number of aromatic nitrogens is 3. The Labute approximate surface area is 263 Å². The molecular formula is C32H44FN5O6Si. The maximum absolute atomic E-state index is 15.2. The van der Waals surface area contributed by atoms with E-state index in [-0.39, 0.29) is 30.5 Å². The Balaban J connectivity index is 1.53. The summed E-state index contributed by atoms with van der Waals surface area (Å²) < 4.78 is 34.7. The van der Waals surface area contributed by atoms with Crippen LogP contribution >= 0.6 is 0 Å². The number of carbonyl (C=O) groups is 2. The van der Waals surface area contributed by atoms with E-state index in [1.54, 1.807) is 6.07 Å². The van der Waals surface area contributed by atoms with Gasteiger partial charge in [-0.3, -0.25) is 4.79 Å². The summed E-state index contributed by atoms with van der Waals surface area (Å²) in [7, 11) is 0.0701. The molecule has 3 aromatic rings. The molecule has 2 aromatic heterocycles. The van der Waals surface area contributed by atoms with Crippen molar-refractivity contribution in [2.24, 2.45) is 5.92 Å². The molecule has 0 spiro atoms. The number of carbonyl (C=O) groups excluding carboxylic acids is 1. The summed E-state index contributed by atoms with van der Waals surface area (Å²) in [5, 5.41) is 14.8. The zero-order chi connectivity index (χ0) is 32.3. The summed E-state index contributed by atoms with van der Waals surface area (Å²) >= 11 is 0. The van der Waals surface area contributed by atoms with Crippen LogP contribution in [0.15, 0.2) is 18.5 Å². The Morgan fingerprint density at radius 3 is 2.36 bits per heavy atom. The van der Waals surface area contributed by atoms with Gasteiger partial charge in [0.1, 0.15) is 30.0 Å². The average Bonchev–Trinajstić information content (AvgIpc) is 3.77. The van der Waals surface area contributed by atoms with E-state index in [9.17, 15) is 9.59 Å². The molecule has 0 saturated heterocycles. The number of benzene rings is 1. The molecule has 2 heterocycles. The number of rotatable bonds is 13. The van der Waals surface area contributed by atoms with Crippen LogP contribution in [0.3, 0.4) is 0 Å². The van der Waals surface area contributed by atoms with Crippen molar-refractivity contribution in [3.8, 4) is 22.8 Å². The van der Waals surface area contributed by atoms with Gasteiger partial charge in [0.25, 0.3) is 5.91 Å². The van der Waals surface area contributed by atoms with Gasteiger partial charge in [0, 0.05) is 44.1 Å². The standard InChI is InChI=1S/C32H44FN5O6Si/c1-19-27(31(39)36-21-8-10-22(11-9-21)37-32(40)41)29-30(38(19)18-43-12-13-45(3,4)5)28(34-17-35-29)23-14-24(33)26(42-2)15-25(23)44-16-20-6-7-20/h14-15,17,20-22,37H,6-13,16,18H2,1-5H3,(H,36,39)(H,40,41)/t21-,22+. The van der Waals surface area contributed by atoms with Crippen LogP contribution in [-0.4, -0.2) is 72.1 Å². The van der Waals surface area contributed by atoms with Gasteiger partial charge in [-0.05, 0) is 63.5 Å². The molecule has 0 aliphatic heterocycles. The van der Waals surface area contributed by atoms with E-state index in [0.717, 1.165) is 18.9 Å². The lowest BCUT2D eigenvalue weighted by Crippen LogP contribution is -2.43. The van der Waals surface area contributed by atoms with Crippen molar-refractivity contribution in [2.75, 3.05) is 20.3 Å². The monoisotopic (exact) mass is 641 g/mol. The number of fused-ring (bicyclic) bond motifs is 1. The third-order valence-corrected chi connectivity index (χ3v) is 10.3. The van der Waals surface area contributed by atoms with Crippen LogP contribution < -0.4 is 20.1 Å². The first-order valence-electron chi connectivity index (χ1n) is 15.7. The zero-order valence-electron chi connectivity index (χ0n) is 26.7. The van der Waals surface area contributed by atoms with Crippen LogP contribution in [0, 0.1) is 18.7 Å². The van der Waals surface area contributed by atoms with E-state index in [0.29, 0.717) is 84.1 Å². The molecule has 2 fully saturated rings. The van der Waals surface area contributed by atoms with Crippen molar-refractivity contribution < 1.29 is 33.3 Å². The first-order chi connectivity index (χ1) is 21.4. The first-order valence-corrected chi connectivity index (χ1v) is 19.4. The lowest BCUT2D eigenvalue weighted by Gasteiger charge is -2.28. The number of hydrogen-bond acceptors (Lipinski definition) is 7. The van der Waals surface area contributed by atoms with Gasteiger partial charge < -0.3 is 34.5 Å². The topological polar surface area (TPSA) is 137 Å². The number of nitrogens with zero attached hydrogens (tertiary/aromatic N) is 3. The minimum Gasteiger partial charge on any atom is -0.494 e. The summed E-state index contributed by atoms with van der Waals surface area (Å²) in [5.74, 6) is 0.164. The molecule has 0 radical (unpaired) electrons. The predicted molar refractivity (Wildman–Crippen MR) is 171 cm³/mol. The van der Waals surface area contributed by atoms with Crippen LogP contribution in [0.25, 0.3) is 22.3 Å². The van der Waals surface area contributed by atoms with Gasteiger partial charge in [0.05, 0.1) is 24.8 Å². The number of hydrogen-bond donors (Lipinski definition) is 3. The van der Waals surface area contributed by atoms with Crippen molar-refractivity contribution in [1.29, 1.82) is 0 Å². The molecule has 0 unspecified atom stereocenters. The molecule has 244 valence electrons. The lowest BCUT2D eigenvalue weighted by atomic mass is 9.91. The minimum atomic E-state index is -1.34. The van der Waals surface area contributed by atoms with Crippen molar-refractivity contribution in [3.63, 3.8) is 0 Å². The SMILES string of the molecule is COc1cc(OCC2CC2)c(-c2ncnc3c(C(=O)N[C@H]4CC[C@@H](NC(=O)O)CC4)c(C)n(COCC[Si](C)(C)C)c23)cc1F. The zero-order valence-corrected chi connectivity index (χ0v) is 27.7. The van der Waals surface area contributed by atoms with Crippen molar-refractivity contribution in [1.82, 2.24) is 25.2 Å². The Kier molecular flexibility index (Phi) is 9.97. The summed E-state index contributed by atoms with van der Waals surface area (Å²) in [6.45, 7) is 9.96. The molecule has 2 amide bonds. The molecule has 2 aliphatic carbocycles. The van der Waals surface area contributed by atoms with Crippen LogP contribution in [0.2, 0.25) is 25.7 Å². The van der Waals surface area contributed by atoms with Gasteiger partial charge in [-0.15, -0.1) is 0 Å². The van der Waals surface area contributed by atoms with Gasteiger partial charge in [0.2, 0.25) is 0 Å². The summed E-state index contributed by atoms with van der Waals surface area (Å²) in [6, 6.07) is 3.67. The molecule has 2 saturated carbocycles. The molecule has 0 bridgehead atoms. The van der Waals surface area contributed by atoms with Crippen molar-refractivity contribution in [3.05, 3.63) is 35.5 Å². The van der Waals surface area contributed by atoms with E-state index in [4.69, 9.17) is 19.3 Å². The second-order valence-corrected chi connectivity index (χ2v) is 19.0. The number of nitrogens with one attached hydrogen (secondary N) is 2. The summed E-state index contributed by atoms with van der Waals surface area (Å²) in [4.78, 5) is 34.1. The Morgan fingerprint density at radius 1 is 1.04 bits per heavy atom. The molecular weight excluding hydrogens is 597 g/mol. The van der Waals surface area contributed by atoms with Crippen LogP contribution in [0.1, 0.15) is 54.6 Å². The smallest absolute Gasteiger partial charge is 0.404 e. The molecule has 5 rings (SSSR count). The second kappa shape index (κ2) is 13.7. The highest BCUT2D eigenvalue weighted by Crippen LogP contribution is 2.40. The molecule has 11 nitrogen and oxygen atoms in total. The Hall–Kier alpha value is -3.71. The normalized spacial score (nSPS) is 18.5.